The number of aromatic nitrogens is 2. The van der Waals surface area contributed by atoms with Gasteiger partial charge in [0, 0.05) is 38.2 Å². The molecule has 174 valence electrons. The minimum Gasteiger partial charge on any atom is -0.444 e. The Morgan fingerprint density at radius 3 is 2.52 bits per heavy atom. The first-order valence-corrected chi connectivity index (χ1v) is 10.9. The maximum absolute atomic E-state index is 11.9. The lowest BCUT2D eigenvalue weighted by Crippen LogP contribution is -2.37. The first-order chi connectivity index (χ1) is 15.8. The third kappa shape index (κ3) is 7.99. The highest BCUT2D eigenvalue weighted by Gasteiger charge is 2.16. The van der Waals surface area contributed by atoms with Gasteiger partial charge in [0.2, 0.25) is 0 Å². The van der Waals surface area contributed by atoms with E-state index >= 15 is 0 Å². The Bertz CT molecular complexity index is 1050. The Labute approximate surface area is 195 Å². The molecule has 0 fully saturated rings. The zero-order chi connectivity index (χ0) is 23.7. The summed E-state index contributed by atoms with van der Waals surface area (Å²) in [5, 5.41) is 13.7. The summed E-state index contributed by atoms with van der Waals surface area (Å²) in [5.41, 5.74) is 3.49. The van der Waals surface area contributed by atoms with Crippen molar-refractivity contribution in [2.45, 2.75) is 39.3 Å². The molecule has 3 N–H and O–H groups in total. The molecular formula is C25H32N6O2. The fourth-order valence-electron chi connectivity index (χ4n) is 3.14. The molecule has 33 heavy (non-hydrogen) atoms. The third-order valence-electron chi connectivity index (χ3n) is 4.67. The second-order valence-electron chi connectivity index (χ2n) is 8.55. The van der Waals surface area contributed by atoms with Gasteiger partial charge in [-0.05, 0) is 68.7 Å². The Morgan fingerprint density at radius 1 is 1.06 bits per heavy atom. The largest absolute Gasteiger partial charge is 0.444 e. The Balaban J connectivity index is 1.43. The highest BCUT2D eigenvalue weighted by molar-refractivity contribution is 5.84. The number of amides is 1. The SMILES string of the molecule is CN=C(NCCc1ccc(NC(=O)OC(C)(C)C)cc1)NCc1cccc(-n2cccn2)c1. The molecule has 0 aliphatic heterocycles. The van der Waals surface area contributed by atoms with Crippen LogP contribution in [0.5, 0.6) is 0 Å². The maximum atomic E-state index is 11.9. The van der Waals surface area contributed by atoms with E-state index in [0.29, 0.717) is 12.2 Å². The molecule has 0 atom stereocenters. The van der Waals surface area contributed by atoms with Crippen LogP contribution < -0.4 is 16.0 Å². The second-order valence-corrected chi connectivity index (χ2v) is 8.55. The quantitative estimate of drug-likeness (QED) is 0.373. The van der Waals surface area contributed by atoms with E-state index in [1.54, 1.807) is 13.2 Å². The molecule has 1 amide bonds. The van der Waals surface area contributed by atoms with Crippen LogP contribution in [0, 0.1) is 0 Å². The van der Waals surface area contributed by atoms with Crippen molar-refractivity contribution >= 4 is 17.7 Å². The standard InChI is InChI=1S/C25H32N6O2/c1-25(2,3)33-24(32)30-21-11-9-19(10-12-21)13-15-27-23(26-4)28-18-20-7-5-8-22(17-20)31-16-6-14-29-31/h5-12,14,16-17H,13,15,18H2,1-4H3,(H,30,32)(H2,26,27,28). The number of carbonyl (C=O) groups excluding carboxylic acids is 1. The van der Waals surface area contributed by atoms with Crippen LogP contribution >= 0.6 is 0 Å². The Kier molecular flexibility index (Phi) is 8.07. The average Bonchev–Trinajstić information content (AvgIpc) is 3.31. The van der Waals surface area contributed by atoms with Crippen molar-refractivity contribution in [2.75, 3.05) is 18.9 Å². The molecular weight excluding hydrogens is 416 g/mol. The number of benzene rings is 2. The fourth-order valence-corrected chi connectivity index (χ4v) is 3.14. The van der Waals surface area contributed by atoms with Gasteiger partial charge in [-0.3, -0.25) is 10.3 Å². The van der Waals surface area contributed by atoms with Gasteiger partial charge in [0.25, 0.3) is 0 Å². The lowest BCUT2D eigenvalue weighted by molar-refractivity contribution is 0.0636. The van der Waals surface area contributed by atoms with Crippen LogP contribution in [0.15, 0.2) is 72.0 Å². The lowest BCUT2D eigenvalue weighted by atomic mass is 10.1. The number of anilines is 1. The van der Waals surface area contributed by atoms with Gasteiger partial charge in [0.1, 0.15) is 5.60 Å². The van der Waals surface area contributed by atoms with Crippen LogP contribution in [-0.2, 0) is 17.7 Å². The number of nitrogens with zero attached hydrogens (tertiary/aromatic N) is 3. The van der Waals surface area contributed by atoms with Crippen LogP contribution in [0.25, 0.3) is 5.69 Å². The van der Waals surface area contributed by atoms with Crippen molar-refractivity contribution in [1.82, 2.24) is 20.4 Å². The van der Waals surface area contributed by atoms with E-state index in [1.165, 1.54) is 0 Å². The van der Waals surface area contributed by atoms with Gasteiger partial charge in [-0.2, -0.15) is 5.10 Å². The number of hydrogen-bond acceptors (Lipinski definition) is 4. The van der Waals surface area contributed by atoms with Crippen LogP contribution in [0.1, 0.15) is 31.9 Å². The number of carbonyl (C=O) groups is 1. The normalized spacial score (nSPS) is 11.7. The summed E-state index contributed by atoms with van der Waals surface area (Å²) in [7, 11) is 1.76. The van der Waals surface area contributed by atoms with Crippen LogP contribution in [0.2, 0.25) is 0 Å². The zero-order valence-electron chi connectivity index (χ0n) is 19.6. The summed E-state index contributed by atoms with van der Waals surface area (Å²) in [4.78, 5) is 16.2. The highest BCUT2D eigenvalue weighted by atomic mass is 16.6. The fraction of sp³-hybridized carbons (Fsp3) is 0.320. The van der Waals surface area contributed by atoms with Crippen molar-refractivity contribution in [2.24, 2.45) is 4.99 Å². The Morgan fingerprint density at radius 2 is 1.85 bits per heavy atom. The van der Waals surface area contributed by atoms with Crippen molar-refractivity contribution in [3.05, 3.63) is 78.1 Å². The smallest absolute Gasteiger partial charge is 0.412 e. The molecule has 0 aliphatic carbocycles. The number of aliphatic imine (C=N–C) groups is 1. The van der Waals surface area contributed by atoms with Crippen molar-refractivity contribution < 1.29 is 9.53 Å². The van der Waals surface area contributed by atoms with E-state index in [4.69, 9.17) is 4.74 Å². The molecule has 0 aliphatic rings. The van der Waals surface area contributed by atoms with E-state index in [1.807, 2.05) is 74.1 Å². The minimum absolute atomic E-state index is 0.457. The number of rotatable bonds is 7. The first-order valence-electron chi connectivity index (χ1n) is 10.9. The summed E-state index contributed by atoms with van der Waals surface area (Å²) in [6.45, 7) is 6.89. The van der Waals surface area contributed by atoms with Gasteiger partial charge >= 0.3 is 6.09 Å². The predicted molar refractivity (Wildman–Crippen MR) is 132 cm³/mol. The molecule has 1 aromatic heterocycles. The van der Waals surface area contributed by atoms with Crippen molar-refractivity contribution in [1.29, 1.82) is 0 Å². The van der Waals surface area contributed by atoms with Crippen molar-refractivity contribution in [3.8, 4) is 5.69 Å². The van der Waals surface area contributed by atoms with Crippen molar-refractivity contribution in [3.63, 3.8) is 0 Å². The van der Waals surface area contributed by atoms with Gasteiger partial charge < -0.3 is 15.4 Å². The molecule has 1 heterocycles. The monoisotopic (exact) mass is 448 g/mol. The molecule has 8 nitrogen and oxygen atoms in total. The summed E-state index contributed by atoms with van der Waals surface area (Å²) >= 11 is 0. The predicted octanol–water partition coefficient (Wildman–Crippen LogP) is 4.13. The number of hydrogen-bond donors (Lipinski definition) is 3. The summed E-state index contributed by atoms with van der Waals surface area (Å²) in [5.74, 6) is 0.739. The van der Waals surface area contributed by atoms with Gasteiger partial charge in [-0.15, -0.1) is 0 Å². The van der Waals surface area contributed by atoms with Gasteiger partial charge in [0.15, 0.2) is 5.96 Å². The minimum atomic E-state index is -0.523. The molecule has 0 spiro atoms. The van der Waals surface area contributed by atoms with E-state index in [0.717, 1.165) is 35.7 Å². The van der Waals surface area contributed by atoms with Crippen LogP contribution in [-0.4, -0.2) is 41.0 Å². The second kappa shape index (κ2) is 11.2. The molecule has 0 unspecified atom stereocenters. The van der Waals surface area contributed by atoms with Gasteiger partial charge in [-0.1, -0.05) is 24.3 Å². The maximum Gasteiger partial charge on any atom is 0.412 e. The van der Waals surface area contributed by atoms with Crippen LogP contribution in [0.3, 0.4) is 0 Å². The van der Waals surface area contributed by atoms with E-state index in [-0.39, 0.29) is 0 Å². The molecule has 2 aromatic carbocycles. The zero-order valence-corrected chi connectivity index (χ0v) is 19.6. The molecule has 3 aromatic rings. The van der Waals surface area contributed by atoms with Gasteiger partial charge in [0.05, 0.1) is 5.69 Å². The first kappa shape index (κ1) is 23.8. The highest BCUT2D eigenvalue weighted by Crippen LogP contribution is 2.13. The van der Waals surface area contributed by atoms with E-state index in [2.05, 4.69) is 38.2 Å². The molecule has 0 saturated carbocycles. The van der Waals surface area contributed by atoms with E-state index in [9.17, 15) is 4.79 Å². The molecule has 3 rings (SSSR count). The number of nitrogens with one attached hydrogen (secondary N) is 3. The summed E-state index contributed by atoms with van der Waals surface area (Å²) in [6.07, 6.45) is 4.05. The number of ether oxygens (including phenoxy) is 1. The summed E-state index contributed by atoms with van der Waals surface area (Å²) in [6, 6.07) is 17.8. The average molecular weight is 449 g/mol. The number of guanidine groups is 1. The molecule has 0 bridgehead atoms. The van der Waals surface area contributed by atoms with E-state index < -0.39 is 11.7 Å². The Hall–Kier alpha value is -3.81. The van der Waals surface area contributed by atoms with Gasteiger partial charge in [-0.25, -0.2) is 9.48 Å². The van der Waals surface area contributed by atoms with Crippen LogP contribution in [0.4, 0.5) is 10.5 Å². The third-order valence-corrected chi connectivity index (χ3v) is 4.67. The molecule has 0 saturated heterocycles. The molecule has 0 radical (unpaired) electrons. The summed E-state index contributed by atoms with van der Waals surface area (Å²) < 4.78 is 7.11. The topological polar surface area (TPSA) is 92.6 Å². The lowest BCUT2D eigenvalue weighted by Gasteiger charge is -2.19. The molecule has 8 heteroatoms.